The third kappa shape index (κ3) is 14.1. The highest BCUT2D eigenvalue weighted by Crippen LogP contribution is 2.48. The number of carbonyl (C=O) groups is 2. The molecule has 4 aromatic rings. The van der Waals surface area contributed by atoms with Gasteiger partial charge in [0.1, 0.15) is 12.2 Å². The average molecular weight is 967 g/mol. The molecule has 8 heteroatoms. The molecule has 4 N–H and O–H groups in total. The molecule has 3 aliphatic rings. The van der Waals surface area contributed by atoms with Crippen LogP contribution in [0.5, 0.6) is 0 Å². The Balaban J connectivity index is 0.922. The Kier molecular flexibility index (Phi) is 16.1. The van der Waals surface area contributed by atoms with Crippen molar-refractivity contribution < 1.29 is 19.1 Å². The highest BCUT2D eigenvalue weighted by atomic mass is 16.6. The molecule has 1 saturated carbocycles. The molecule has 2 unspecified atom stereocenters. The van der Waals surface area contributed by atoms with Gasteiger partial charge in [0, 0.05) is 62.9 Å². The van der Waals surface area contributed by atoms with Gasteiger partial charge in [-0.3, -0.25) is 0 Å². The van der Waals surface area contributed by atoms with Gasteiger partial charge in [-0.1, -0.05) is 201 Å². The van der Waals surface area contributed by atoms with Crippen molar-refractivity contribution in [3.05, 3.63) is 142 Å². The first kappa shape index (κ1) is 54.1. The van der Waals surface area contributed by atoms with E-state index in [-0.39, 0.29) is 86.7 Å². The second-order valence-electron chi connectivity index (χ2n) is 27.2. The van der Waals surface area contributed by atoms with E-state index in [1.807, 2.05) is 0 Å². The fourth-order valence-electron chi connectivity index (χ4n) is 12.3. The summed E-state index contributed by atoms with van der Waals surface area (Å²) in [6, 6.07) is 36.6. The third-order valence-corrected chi connectivity index (χ3v) is 15.9. The summed E-state index contributed by atoms with van der Waals surface area (Å²) in [4.78, 5) is 27.1. The topological polar surface area (TPSA) is 101 Å². The van der Waals surface area contributed by atoms with Crippen molar-refractivity contribution in [1.29, 1.82) is 0 Å². The molecule has 0 bridgehead atoms. The maximum absolute atomic E-state index is 13.6. The standard InChI is InChI=1S/C63H90N4O4/c1-58(2,3)46-24-16-42(17-25-46)54(43-18-26-47(27-19-43)59(4,5)6)52-32-50(37-64-52)70-56(68)66-36-41-34-62(13,14)39-63(15,35-41)40-67-57(69)71-51-33-53(65-38-51)55(44-20-28-48(29-21-44)60(7,8)9)45-22-30-49(31-23-45)61(10,11)12/h16-31,41,50-55,64-65H,32-40H2,1-15H3,(H,66,68)(H,67,69)/t41?,50-,51-,52-,53-,63?/m1/s1. The van der Waals surface area contributed by atoms with Crippen molar-refractivity contribution in [1.82, 2.24) is 21.3 Å². The van der Waals surface area contributed by atoms with E-state index in [0.717, 1.165) is 32.1 Å². The van der Waals surface area contributed by atoms with Crippen LogP contribution in [0.25, 0.3) is 0 Å². The van der Waals surface area contributed by atoms with Crippen LogP contribution in [0.1, 0.15) is 192 Å². The van der Waals surface area contributed by atoms with E-state index < -0.39 is 0 Å². The van der Waals surface area contributed by atoms with Crippen LogP contribution in [0, 0.1) is 16.7 Å². The van der Waals surface area contributed by atoms with Gasteiger partial charge in [-0.2, -0.15) is 0 Å². The molecular weight excluding hydrogens is 877 g/mol. The van der Waals surface area contributed by atoms with Gasteiger partial charge in [-0.05, 0) is 102 Å². The predicted molar refractivity (Wildman–Crippen MR) is 293 cm³/mol. The van der Waals surface area contributed by atoms with E-state index in [1.54, 1.807) is 0 Å². The summed E-state index contributed by atoms with van der Waals surface area (Å²) < 4.78 is 12.3. The summed E-state index contributed by atoms with van der Waals surface area (Å²) in [5.41, 5.74) is 10.5. The minimum absolute atomic E-state index is 0.0381. The number of rotatable bonds is 12. The van der Waals surface area contributed by atoms with Gasteiger partial charge < -0.3 is 30.7 Å². The minimum atomic E-state index is -0.365. The van der Waals surface area contributed by atoms with Crippen LogP contribution in [0.4, 0.5) is 9.59 Å². The summed E-state index contributed by atoms with van der Waals surface area (Å²) in [5.74, 6) is 0.474. The second kappa shape index (κ2) is 21.1. The second-order valence-corrected chi connectivity index (χ2v) is 27.2. The summed E-state index contributed by atoms with van der Waals surface area (Å²) in [7, 11) is 0. The number of amides is 2. The average Bonchev–Trinajstić information content (AvgIpc) is 3.93. The van der Waals surface area contributed by atoms with Crippen LogP contribution in [-0.4, -0.2) is 62.7 Å². The molecule has 386 valence electrons. The smallest absolute Gasteiger partial charge is 0.407 e. The molecule has 7 rings (SSSR count). The zero-order valence-electron chi connectivity index (χ0n) is 46.3. The van der Waals surface area contributed by atoms with E-state index >= 15 is 0 Å². The van der Waals surface area contributed by atoms with E-state index in [0.29, 0.717) is 26.2 Å². The van der Waals surface area contributed by atoms with Gasteiger partial charge in [0.05, 0.1) is 0 Å². The van der Waals surface area contributed by atoms with Crippen LogP contribution in [-0.2, 0) is 31.1 Å². The predicted octanol–water partition coefficient (Wildman–Crippen LogP) is 13.6. The first-order chi connectivity index (χ1) is 33.0. The van der Waals surface area contributed by atoms with Crippen molar-refractivity contribution >= 4 is 12.2 Å². The zero-order valence-corrected chi connectivity index (χ0v) is 46.3. The fourth-order valence-corrected chi connectivity index (χ4v) is 12.3. The lowest BCUT2D eigenvalue weighted by Gasteiger charge is -2.46. The van der Waals surface area contributed by atoms with Crippen LogP contribution < -0.4 is 21.3 Å². The first-order valence-electron chi connectivity index (χ1n) is 26.8. The summed E-state index contributed by atoms with van der Waals surface area (Å²) in [5, 5.41) is 13.9. The van der Waals surface area contributed by atoms with Gasteiger partial charge >= 0.3 is 12.2 Å². The molecule has 1 aliphatic carbocycles. The highest BCUT2D eigenvalue weighted by molar-refractivity contribution is 5.68. The summed E-state index contributed by atoms with van der Waals surface area (Å²) in [6.45, 7) is 36.1. The van der Waals surface area contributed by atoms with E-state index in [2.05, 4.69) is 222 Å². The Morgan fingerprint density at radius 1 is 0.521 bits per heavy atom. The molecule has 0 spiro atoms. The van der Waals surface area contributed by atoms with Gasteiger partial charge in [0.2, 0.25) is 0 Å². The molecule has 0 radical (unpaired) electrons. The van der Waals surface area contributed by atoms with Crippen LogP contribution in [0.3, 0.4) is 0 Å². The Hall–Kier alpha value is -4.66. The fraction of sp³-hybridized carbons (Fsp3) is 0.587. The molecule has 6 atom stereocenters. The van der Waals surface area contributed by atoms with Crippen LogP contribution in [0.2, 0.25) is 0 Å². The van der Waals surface area contributed by atoms with E-state index in [9.17, 15) is 9.59 Å². The molecule has 71 heavy (non-hydrogen) atoms. The number of hydrogen-bond acceptors (Lipinski definition) is 6. The zero-order chi connectivity index (χ0) is 51.7. The Morgan fingerprint density at radius 3 is 1.17 bits per heavy atom. The maximum atomic E-state index is 13.6. The number of benzene rings is 4. The molecule has 4 aromatic carbocycles. The van der Waals surface area contributed by atoms with Crippen LogP contribution in [0.15, 0.2) is 97.1 Å². The summed E-state index contributed by atoms with van der Waals surface area (Å²) in [6.07, 6.45) is 3.09. The molecular formula is C63H90N4O4. The molecule has 8 nitrogen and oxygen atoms in total. The monoisotopic (exact) mass is 967 g/mol. The molecule has 0 aromatic heterocycles. The molecule has 3 fully saturated rings. The normalized spacial score (nSPS) is 24.0. The van der Waals surface area contributed by atoms with E-state index in [4.69, 9.17) is 9.47 Å². The maximum Gasteiger partial charge on any atom is 0.407 e. The third-order valence-electron chi connectivity index (χ3n) is 15.9. The number of alkyl carbamates (subject to hydrolysis) is 2. The first-order valence-corrected chi connectivity index (χ1v) is 26.8. The van der Waals surface area contributed by atoms with Crippen molar-refractivity contribution in [2.24, 2.45) is 16.7 Å². The molecule has 2 saturated heterocycles. The minimum Gasteiger partial charge on any atom is -0.445 e. The van der Waals surface area contributed by atoms with Gasteiger partial charge in [0.15, 0.2) is 0 Å². The Labute approximate surface area is 429 Å². The number of nitrogens with one attached hydrogen (secondary N) is 4. The molecule has 2 heterocycles. The Morgan fingerprint density at radius 2 is 0.845 bits per heavy atom. The summed E-state index contributed by atoms with van der Waals surface area (Å²) >= 11 is 0. The quantitative estimate of drug-likeness (QED) is 0.113. The van der Waals surface area contributed by atoms with Crippen molar-refractivity contribution in [2.75, 3.05) is 26.2 Å². The van der Waals surface area contributed by atoms with E-state index in [1.165, 1.54) is 44.5 Å². The number of hydrogen-bond donors (Lipinski definition) is 4. The lowest BCUT2D eigenvalue weighted by molar-refractivity contribution is 0.0461. The molecule has 2 aliphatic heterocycles. The Bertz CT molecular complexity index is 2280. The van der Waals surface area contributed by atoms with Crippen molar-refractivity contribution in [2.45, 2.75) is 194 Å². The van der Waals surface area contributed by atoms with Gasteiger partial charge in [-0.25, -0.2) is 9.59 Å². The highest BCUT2D eigenvalue weighted by Gasteiger charge is 2.43. The van der Waals surface area contributed by atoms with Crippen LogP contribution >= 0.6 is 0 Å². The largest absolute Gasteiger partial charge is 0.445 e. The number of carbonyl (C=O) groups excluding carboxylic acids is 2. The number of ether oxygens (including phenoxy) is 2. The SMILES string of the molecule is CC1(C)CC(CNC(=O)O[C@H]2CN[C@@H](C(c3ccc(C(C)(C)C)cc3)c3ccc(C(C)(C)C)cc3)C2)CC(C)(CNC(=O)O[C@H]2CN[C@@H](C(c3ccc(C(C)(C)C)cc3)c3ccc(C(C)(C)C)cc3)C2)C1. The van der Waals surface area contributed by atoms with Crippen molar-refractivity contribution in [3.8, 4) is 0 Å². The lowest BCUT2D eigenvalue weighted by atomic mass is 9.60. The van der Waals surface area contributed by atoms with Crippen molar-refractivity contribution in [3.63, 3.8) is 0 Å². The van der Waals surface area contributed by atoms with Gasteiger partial charge in [-0.15, -0.1) is 0 Å². The lowest BCUT2D eigenvalue weighted by Crippen LogP contribution is -2.46. The molecule has 2 amide bonds. The van der Waals surface area contributed by atoms with Gasteiger partial charge in [0.25, 0.3) is 0 Å².